The lowest BCUT2D eigenvalue weighted by molar-refractivity contribution is -0.150. The predicted molar refractivity (Wildman–Crippen MR) is 49.4 cm³/mol. The first-order valence-corrected chi connectivity index (χ1v) is 4.18. The van der Waals surface area contributed by atoms with E-state index < -0.39 is 18.0 Å². The molecule has 0 unspecified atom stereocenters. The number of nitrogens with one attached hydrogen (secondary N) is 2. The van der Waals surface area contributed by atoms with Crippen molar-refractivity contribution in [2.45, 2.75) is 19.4 Å². The molecule has 0 aromatic rings. The maximum Gasteiger partial charge on any atom is 0.325 e. The second-order valence-electron chi connectivity index (χ2n) is 2.68. The summed E-state index contributed by atoms with van der Waals surface area (Å²) in [6.07, 6.45) is -0.219. The van der Waals surface area contributed by atoms with E-state index in [2.05, 4.69) is 20.3 Å². The van der Waals surface area contributed by atoms with E-state index in [1.165, 1.54) is 21.1 Å². The van der Waals surface area contributed by atoms with Crippen LogP contribution in [0.1, 0.15) is 13.3 Å². The van der Waals surface area contributed by atoms with E-state index in [0.29, 0.717) is 0 Å². The Balaban J connectivity index is 4.24. The number of carbonyl (C=O) groups excluding carboxylic acids is 3. The maximum absolute atomic E-state index is 11.1. The molecule has 0 aliphatic carbocycles. The maximum atomic E-state index is 11.1. The third-order valence-electron chi connectivity index (χ3n) is 1.51. The molecule has 0 heterocycles. The van der Waals surface area contributed by atoms with Gasteiger partial charge in [-0.3, -0.25) is 19.8 Å². The minimum absolute atomic E-state index is 0.219. The van der Waals surface area contributed by atoms with Gasteiger partial charge in [-0.15, -0.1) is 0 Å². The average Bonchev–Trinajstić information content (AvgIpc) is 2.22. The molecule has 0 aromatic carbocycles. The largest absolute Gasteiger partial charge is 0.469 e. The van der Waals surface area contributed by atoms with Gasteiger partial charge in [0, 0.05) is 6.92 Å². The standard InChI is InChI=1S/C8H14N2O5/c1-5(11)9-10-6(8(13)15-3)4-7(12)14-2/h6,10H,4H2,1-3H3,(H,9,11)/t6-/m0/s1. The number of esters is 2. The van der Waals surface area contributed by atoms with Crippen molar-refractivity contribution in [3.63, 3.8) is 0 Å². The number of hydrazine groups is 1. The summed E-state index contributed by atoms with van der Waals surface area (Å²) in [6, 6.07) is -0.952. The topological polar surface area (TPSA) is 93.7 Å². The minimum Gasteiger partial charge on any atom is -0.469 e. The highest BCUT2D eigenvalue weighted by Gasteiger charge is 2.22. The van der Waals surface area contributed by atoms with Gasteiger partial charge in [0.25, 0.3) is 0 Å². The molecule has 2 N–H and O–H groups in total. The lowest BCUT2D eigenvalue weighted by Crippen LogP contribution is -2.48. The second-order valence-corrected chi connectivity index (χ2v) is 2.68. The van der Waals surface area contributed by atoms with Crippen LogP contribution in [0.15, 0.2) is 0 Å². The van der Waals surface area contributed by atoms with Gasteiger partial charge in [-0.25, -0.2) is 5.43 Å². The van der Waals surface area contributed by atoms with Crippen molar-refractivity contribution in [3.05, 3.63) is 0 Å². The lowest BCUT2D eigenvalue weighted by atomic mass is 10.2. The Kier molecular flexibility index (Phi) is 6.03. The van der Waals surface area contributed by atoms with Crippen molar-refractivity contribution in [3.8, 4) is 0 Å². The van der Waals surface area contributed by atoms with Crippen LogP contribution in [0.25, 0.3) is 0 Å². The van der Waals surface area contributed by atoms with Crippen LogP contribution in [-0.4, -0.2) is 38.1 Å². The van der Waals surface area contributed by atoms with Crippen LogP contribution in [0.4, 0.5) is 0 Å². The van der Waals surface area contributed by atoms with E-state index in [-0.39, 0.29) is 12.3 Å². The van der Waals surface area contributed by atoms with Crippen molar-refractivity contribution in [2.75, 3.05) is 14.2 Å². The van der Waals surface area contributed by atoms with Gasteiger partial charge in [0.15, 0.2) is 0 Å². The first-order chi connectivity index (χ1) is 7.01. The summed E-state index contributed by atoms with van der Waals surface area (Å²) in [6.45, 7) is 1.26. The van der Waals surface area contributed by atoms with Gasteiger partial charge in [0.2, 0.25) is 5.91 Å². The quantitative estimate of drug-likeness (QED) is 0.441. The van der Waals surface area contributed by atoms with Crippen LogP contribution in [0.5, 0.6) is 0 Å². The molecular formula is C8H14N2O5. The van der Waals surface area contributed by atoms with Crippen molar-refractivity contribution < 1.29 is 23.9 Å². The zero-order valence-corrected chi connectivity index (χ0v) is 8.83. The number of methoxy groups -OCH3 is 2. The Bertz CT molecular complexity index is 253. The van der Waals surface area contributed by atoms with Crippen molar-refractivity contribution >= 4 is 17.8 Å². The van der Waals surface area contributed by atoms with Crippen LogP contribution < -0.4 is 10.9 Å². The number of rotatable bonds is 5. The molecule has 7 nitrogen and oxygen atoms in total. The smallest absolute Gasteiger partial charge is 0.325 e. The molecule has 0 aliphatic heterocycles. The Morgan fingerprint density at radius 1 is 1.20 bits per heavy atom. The normalized spacial score (nSPS) is 11.4. The SMILES string of the molecule is COC(=O)C[C@H](NNC(C)=O)C(=O)OC. The van der Waals surface area contributed by atoms with E-state index in [1.807, 2.05) is 0 Å². The molecule has 0 saturated heterocycles. The van der Waals surface area contributed by atoms with Crippen LogP contribution in [-0.2, 0) is 23.9 Å². The van der Waals surface area contributed by atoms with E-state index >= 15 is 0 Å². The first-order valence-electron chi connectivity index (χ1n) is 4.18. The van der Waals surface area contributed by atoms with Gasteiger partial charge in [0.05, 0.1) is 20.6 Å². The zero-order valence-electron chi connectivity index (χ0n) is 8.83. The van der Waals surface area contributed by atoms with Crippen LogP contribution in [0.2, 0.25) is 0 Å². The number of amides is 1. The fourth-order valence-corrected chi connectivity index (χ4v) is 0.774. The summed E-state index contributed by atoms with van der Waals surface area (Å²) in [4.78, 5) is 32.6. The summed E-state index contributed by atoms with van der Waals surface area (Å²) in [5.41, 5.74) is 4.55. The third kappa shape index (κ3) is 5.63. The third-order valence-corrected chi connectivity index (χ3v) is 1.51. The molecule has 0 fully saturated rings. The molecule has 15 heavy (non-hydrogen) atoms. The highest BCUT2D eigenvalue weighted by atomic mass is 16.5. The molecule has 1 amide bonds. The van der Waals surface area contributed by atoms with Crippen LogP contribution in [0.3, 0.4) is 0 Å². The molecule has 0 rings (SSSR count). The Labute approximate surface area is 87.1 Å². The van der Waals surface area contributed by atoms with Gasteiger partial charge < -0.3 is 9.47 Å². The zero-order chi connectivity index (χ0) is 11.8. The Morgan fingerprint density at radius 3 is 2.20 bits per heavy atom. The van der Waals surface area contributed by atoms with E-state index in [1.54, 1.807) is 0 Å². The van der Waals surface area contributed by atoms with Crippen molar-refractivity contribution in [1.82, 2.24) is 10.9 Å². The van der Waals surface area contributed by atoms with Gasteiger partial charge >= 0.3 is 11.9 Å². The Hall–Kier alpha value is -1.63. The lowest BCUT2D eigenvalue weighted by Gasteiger charge is -2.14. The Morgan fingerprint density at radius 2 is 1.80 bits per heavy atom. The molecular weight excluding hydrogens is 204 g/mol. The van der Waals surface area contributed by atoms with Crippen molar-refractivity contribution in [1.29, 1.82) is 0 Å². The van der Waals surface area contributed by atoms with Crippen LogP contribution in [0, 0.1) is 0 Å². The summed E-state index contributed by atoms with van der Waals surface area (Å²) in [7, 11) is 2.39. The van der Waals surface area contributed by atoms with Gasteiger partial charge in [-0.2, -0.15) is 0 Å². The second kappa shape index (κ2) is 6.77. The highest BCUT2D eigenvalue weighted by molar-refractivity contribution is 5.83. The molecule has 7 heteroatoms. The van der Waals surface area contributed by atoms with E-state index in [4.69, 9.17) is 0 Å². The van der Waals surface area contributed by atoms with Gasteiger partial charge in [0.1, 0.15) is 6.04 Å². The number of hydrogen-bond donors (Lipinski definition) is 2. The van der Waals surface area contributed by atoms with Gasteiger partial charge in [-0.05, 0) is 0 Å². The number of hydrogen-bond acceptors (Lipinski definition) is 6. The monoisotopic (exact) mass is 218 g/mol. The van der Waals surface area contributed by atoms with Crippen molar-refractivity contribution in [2.24, 2.45) is 0 Å². The predicted octanol–water partition coefficient (Wildman–Crippen LogP) is -1.27. The highest BCUT2D eigenvalue weighted by Crippen LogP contribution is 1.96. The van der Waals surface area contributed by atoms with Crippen LogP contribution >= 0.6 is 0 Å². The summed E-state index contributed by atoms with van der Waals surface area (Å²) >= 11 is 0. The fourth-order valence-electron chi connectivity index (χ4n) is 0.774. The summed E-state index contributed by atoms with van der Waals surface area (Å²) < 4.78 is 8.81. The molecule has 1 atom stereocenters. The molecule has 86 valence electrons. The number of carbonyl (C=O) groups is 3. The first kappa shape index (κ1) is 13.4. The number of ether oxygens (including phenoxy) is 2. The average molecular weight is 218 g/mol. The minimum atomic E-state index is -0.952. The molecule has 0 aromatic heterocycles. The van der Waals surface area contributed by atoms with Gasteiger partial charge in [-0.1, -0.05) is 0 Å². The summed E-state index contributed by atoms with van der Waals surface area (Å²) in [5.74, 6) is -1.62. The fraction of sp³-hybridized carbons (Fsp3) is 0.625. The molecule has 0 aliphatic rings. The molecule has 0 saturated carbocycles. The van der Waals surface area contributed by atoms with E-state index in [0.717, 1.165) is 0 Å². The molecule has 0 radical (unpaired) electrons. The van der Waals surface area contributed by atoms with E-state index in [9.17, 15) is 14.4 Å². The molecule has 0 spiro atoms. The molecule has 0 bridgehead atoms. The summed E-state index contributed by atoms with van der Waals surface area (Å²) in [5, 5.41) is 0.